The van der Waals surface area contributed by atoms with Crippen LogP contribution in [-0.4, -0.2) is 105 Å². The van der Waals surface area contributed by atoms with Crippen LogP contribution in [0.3, 0.4) is 0 Å². The second-order valence-corrected chi connectivity index (χ2v) is 21.3. The fourth-order valence-electron chi connectivity index (χ4n) is 10.5. The third-order valence-corrected chi connectivity index (χ3v) is 15.0. The first-order chi connectivity index (χ1) is 30.4. The normalized spacial score (nSPS) is 21.0. The molecule has 0 aromatic heterocycles. The molecule has 1 saturated carbocycles. The topological polar surface area (TPSA) is 148 Å². The van der Waals surface area contributed by atoms with Crippen LogP contribution >= 0.6 is 0 Å². The number of allylic oxidation sites excluding steroid dienone is 8. The molecule has 8 rings (SSSR count). The fourth-order valence-corrected chi connectivity index (χ4v) is 11.5. The minimum atomic E-state index is -4.14. The molecular formula is C50H59N4O8S2+. The van der Waals surface area contributed by atoms with Gasteiger partial charge in [0.2, 0.25) is 5.71 Å². The first-order valence-electron chi connectivity index (χ1n) is 22.3. The van der Waals surface area contributed by atoms with Crippen LogP contribution in [0, 0.1) is 0 Å². The lowest BCUT2D eigenvalue weighted by molar-refractivity contribution is -0.537. The summed E-state index contributed by atoms with van der Waals surface area (Å²) in [5, 5.41) is 4.54. The highest BCUT2D eigenvalue weighted by atomic mass is 32.2. The third kappa shape index (κ3) is 8.89. The van der Waals surface area contributed by atoms with Gasteiger partial charge >= 0.3 is 6.09 Å². The van der Waals surface area contributed by atoms with Gasteiger partial charge in [0.25, 0.3) is 20.2 Å². The van der Waals surface area contributed by atoms with Gasteiger partial charge in [-0.3, -0.25) is 14.0 Å². The van der Waals surface area contributed by atoms with Crippen molar-refractivity contribution in [2.24, 2.45) is 0 Å². The van der Waals surface area contributed by atoms with Crippen LogP contribution in [0.1, 0.15) is 71.4 Å². The van der Waals surface area contributed by atoms with Crippen LogP contribution in [0.25, 0.3) is 21.5 Å². The lowest BCUT2D eigenvalue weighted by Crippen LogP contribution is -2.47. The Morgan fingerprint density at radius 3 is 1.53 bits per heavy atom. The highest BCUT2D eigenvalue weighted by Crippen LogP contribution is 2.52. The van der Waals surface area contributed by atoms with Crippen molar-refractivity contribution in [1.82, 2.24) is 4.90 Å². The first kappa shape index (κ1) is 45.3. The molecule has 2 N–H and O–H groups in total. The smallest absolute Gasteiger partial charge is 0.410 e. The highest BCUT2D eigenvalue weighted by Gasteiger charge is 2.43. The largest absolute Gasteiger partial charge is 0.450 e. The summed E-state index contributed by atoms with van der Waals surface area (Å²) in [6.07, 6.45) is 10.5. The standard InChI is InChI=1S/C50H58N4O8S2/c1-6-62-48(55)52-31-29-51(30-32-52)47-37(21-25-43-49(2,3)45-39-15-9-7-13-35(39)19-23-41(45)53(43)27-11-33-63(56,57)58)17-18-38(47)22-26-44-50(4,5)46-40-16-10-8-14-36(40)20-24-42(46)54(44)28-12-34-64(59,60)61/h7-10,13-16,19-26H,6,11-12,17-18,27-34H2,1-5H3,(H-,56,57,58,59,60,61)/p+1. The van der Waals surface area contributed by atoms with E-state index in [9.17, 15) is 30.7 Å². The number of piperazine rings is 1. The van der Waals surface area contributed by atoms with E-state index in [-0.39, 0.29) is 30.4 Å². The van der Waals surface area contributed by atoms with E-state index in [4.69, 9.17) is 4.74 Å². The minimum absolute atomic E-state index is 0.252. The molecule has 4 aromatic rings. The monoisotopic (exact) mass is 907 g/mol. The zero-order chi connectivity index (χ0) is 45.6. The number of nitrogens with zero attached hydrogens (tertiary/aromatic N) is 4. The van der Waals surface area contributed by atoms with E-state index in [1.807, 2.05) is 31.2 Å². The maximum atomic E-state index is 12.8. The van der Waals surface area contributed by atoms with Gasteiger partial charge in [0.05, 0.1) is 31.2 Å². The molecule has 0 spiro atoms. The molecule has 0 bridgehead atoms. The van der Waals surface area contributed by atoms with Crippen LogP contribution in [-0.2, 0) is 35.8 Å². The zero-order valence-corrected chi connectivity index (χ0v) is 39.0. The Kier molecular flexibility index (Phi) is 12.5. The predicted molar refractivity (Wildman–Crippen MR) is 256 cm³/mol. The quantitative estimate of drug-likeness (QED) is 0.111. The van der Waals surface area contributed by atoms with Crippen molar-refractivity contribution in [3.05, 3.63) is 131 Å². The van der Waals surface area contributed by atoms with Crippen LogP contribution in [0.4, 0.5) is 16.2 Å². The van der Waals surface area contributed by atoms with E-state index in [1.165, 1.54) is 11.1 Å². The van der Waals surface area contributed by atoms with E-state index in [2.05, 4.69) is 115 Å². The molecule has 2 fully saturated rings. The summed E-state index contributed by atoms with van der Waals surface area (Å²) in [4.78, 5) is 19.0. The molecule has 4 aromatic carbocycles. The highest BCUT2D eigenvalue weighted by molar-refractivity contribution is 7.86. The second-order valence-electron chi connectivity index (χ2n) is 18.2. The van der Waals surface area contributed by atoms with Crippen molar-refractivity contribution in [3.8, 4) is 0 Å². The van der Waals surface area contributed by atoms with Gasteiger partial charge in [-0.1, -0.05) is 101 Å². The van der Waals surface area contributed by atoms with Crippen LogP contribution in [0.2, 0.25) is 0 Å². The molecule has 3 heterocycles. The van der Waals surface area contributed by atoms with Crippen molar-refractivity contribution >= 4 is 65.0 Å². The number of hydrogen-bond donors (Lipinski definition) is 2. The van der Waals surface area contributed by atoms with Crippen LogP contribution < -0.4 is 9.80 Å². The number of fused-ring (bicyclic) bond motifs is 6. The van der Waals surface area contributed by atoms with E-state index in [0.29, 0.717) is 45.9 Å². The SMILES string of the molecule is CCOC(=O)N1CC[N+](=C2/C(=C\C=C3/N(CCCS(=O)(=O)O)c4ccc5ccccc5c4C3(C)C)CC/C2=C/C=C2\N(CCCS(=O)(=O)O)c3ccc4ccccc4c3C2(C)C)CC1. The summed E-state index contributed by atoms with van der Waals surface area (Å²) in [7, 11) is -8.29. The number of anilines is 2. The molecule has 4 aliphatic rings. The predicted octanol–water partition coefficient (Wildman–Crippen LogP) is 8.78. The molecule has 14 heteroatoms. The van der Waals surface area contributed by atoms with Crippen molar-refractivity contribution in [1.29, 1.82) is 0 Å². The van der Waals surface area contributed by atoms with Gasteiger partial charge < -0.3 is 14.5 Å². The summed E-state index contributed by atoms with van der Waals surface area (Å²) in [6.45, 7) is 14.0. The Morgan fingerprint density at radius 2 is 1.11 bits per heavy atom. The van der Waals surface area contributed by atoms with Gasteiger partial charge in [0.1, 0.15) is 0 Å². The molecule has 1 amide bonds. The lowest BCUT2D eigenvalue weighted by atomic mass is 9.81. The Hall–Kier alpha value is -5.28. The van der Waals surface area contributed by atoms with Crippen LogP contribution in [0.5, 0.6) is 0 Å². The Morgan fingerprint density at radius 1 is 0.672 bits per heavy atom. The number of rotatable bonds is 11. The Bertz CT molecular complexity index is 2730. The minimum Gasteiger partial charge on any atom is -0.450 e. The third-order valence-electron chi connectivity index (χ3n) is 13.4. The molecule has 0 atom stereocenters. The molecule has 338 valence electrons. The van der Waals surface area contributed by atoms with Gasteiger partial charge in [0, 0.05) is 57.8 Å². The molecule has 0 unspecified atom stereocenters. The first-order valence-corrected chi connectivity index (χ1v) is 25.5. The van der Waals surface area contributed by atoms with E-state index >= 15 is 0 Å². The summed E-state index contributed by atoms with van der Waals surface area (Å²) < 4.78 is 74.5. The Balaban J connectivity index is 1.22. The van der Waals surface area contributed by atoms with E-state index in [0.717, 1.165) is 74.0 Å². The summed E-state index contributed by atoms with van der Waals surface area (Å²) in [5.41, 5.74) is 9.01. The second kappa shape index (κ2) is 17.6. The van der Waals surface area contributed by atoms with Crippen molar-refractivity contribution in [3.63, 3.8) is 0 Å². The van der Waals surface area contributed by atoms with Gasteiger partial charge in [-0.05, 0) is 89.6 Å². The number of benzene rings is 4. The van der Waals surface area contributed by atoms with Crippen molar-refractivity contribution in [2.75, 3.05) is 67.2 Å². The fraction of sp³-hybridized carbons (Fsp3) is 0.400. The molecule has 0 radical (unpaired) electrons. The van der Waals surface area contributed by atoms with E-state index < -0.39 is 31.1 Å². The maximum Gasteiger partial charge on any atom is 0.410 e. The molecule has 64 heavy (non-hydrogen) atoms. The van der Waals surface area contributed by atoms with Crippen molar-refractivity contribution < 1.29 is 40.0 Å². The average molecular weight is 908 g/mol. The summed E-state index contributed by atoms with van der Waals surface area (Å²) in [6, 6.07) is 25.1. The molecule has 1 saturated heterocycles. The zero-order valence-electron chi connectivity index (χ0n) is 37.4. The number of carbonyl (C=O) groups is 1. The molecule has 3 aliphatic heterocycles. The lowest BCUT2D eigenvalue weighted by Gasteiger charge is -2.27. The number of ether oxygens (including phenoxy) is 1. The maximum absolute atomic E-state index is 12.8. The van der Waals surface area contributed by atoms with Gasteiger partial charge in [-0.2, -0.15) is 16.8 Å². The van der Waals surface area contributed by atoms with Gasteiger partial charge in [-0.15, -0.1) is 0 Å². The van der Waals surface area contributed by atoms with Gasteiger partial charge in [0.15, 0.2) is 13.1 Å². The number of amides is 1. The van der Waals surface area contributed by atoms with Gasteiger partial charge in [-0.25, -0.2) is 9.37 Å². The van der Waals surface area contributed by atoms with E-state index in [1.54, 1.807) is 4.90 Å². The van der Waals surface area contributed by atoms with Crippen molar-refractivity contribution in [2.45, 2.75) is 71.1 Å². The molecule has 1 aliphatic carbocycles. The Labute approximate surface area is 377 Å². The number of hydrogen-bond acceptors (Lipinski definition) is 8. The summed E-state index contributed by atoms with van der Waals surface area (Å²) in [5.74, 6) is -0.673. The number of carbonyl (C=O) groups excluding carboxylic acids is 1. The molecule has 12 nitrogen and oxygen atoms in total. The summed E-state index contributed by atoms with van der Waals surface area (Å²) >= 11 is 0. The molecular weight excluding hydrogens is 849 g/mol. The average Bonchev–Trinajstić information content (AvgIpc) is 3.82. The van der Waals surface area contributed by atoms with Crippen LogP contribution in [0.15, 0.2) is 120 Å².